The first-order valence-corrected chi connectivity index (χ1v) is 8.14. The average molecular weight is 266 g/mol. The second-order valence-corrected chi connectivity index (χ2v) is 7.45. The lowest BCUT2D eigenvalue weighted by atomic mass is 9.81. The quantitative estimate of drug-likeness (QED) is 0.838. The zero-order chi connectivity index (χ0) is 13.3. The van der Waals surface area contributed by atoms with Gasteiger partial charge in [-0.2, -0.15) is 0 Å². The number of fused-ring (bicyclic) bond motifs is 1. The van der Waals surface area contributed by atoms with Crippen LogP contribution < -0.4 is 0 Å². The molecule has 0 saturated carbocycles. The predicted molar refractivity (Wildman–Crippen MR) is 71.3 cm³/mol. The van der Waals surface area contributed by atoms with Crippen LogP contribution in [0.5, 0.6) is 0 Å². The van der Waals surface area contributed by atoms with Gasteiger partial charge in [0.2, 0.25) is 0 Å². The third-order valence-electron chi connectivity index (χ3n) is 3.79. The highest BCUT2D eigenvalue weighted by Crippen LogP contribution is 2.27. The lowest BCUT2D eigenvalue weighted by Gasteiger charge is -2.25. The molecule has 0 N–H and O–H groups in total. The first kappa shape index (κ1) is 13.3. The van der Waals surface area contributed by atoms with Crippen LogP contribution in [0.1, 0.15) is 24.5 Å². The second-order valence-electron chi connectivity index (χ2n) is 5.08. The first-order chi connectivity index (χ1) is 8.39. The molecule has 0 fully saturated rings. The van der Waals surface area contributed by atoms with Gasteiger partial charge in [0, 0.05) is 12.2 Å². The molecule has 0 amide bonds. The van der Waals surface area contributed by atoms with Crippen LogP contribution in [0.25, 0.3) is 0 Å². The fourth-order valence-corrected chi connectivity index (χ4v) is 3.10. The van der Waals surface area contributed by atoms with Crippen LogP contribution in [0.2, 0.25) is 0 Å². The Morgan fingerprint density at radius 1 is 1.28 bits per heavy atom. The number of hydrogen-bond acceptors (Lipinski definition) is 3. The Labute approximate surface area is 108 Å². The number of ketones is 1. The lowest BCUT2D eigenvalue weighted by Crippen LogP contribution is -2.34. The van der Waals surface area contributed by atoms with Gasteiger partial charge in [0.15, 0.2) is 15.6 Å². The van der Waals surface area contributed by atoms with Crippen LogP contribution in [0, 0.1) is 5.92 Å². The van der Waals surface area contributed by atoms with E-state index in [9.17, 15) is 13.2 Å². The minimum Gasteiger partial charge on any atom is -0.298 e. The minimum atomic E-state index is -3.28. The third kappa shape index (κ3) is 2.64. The van der Waals surface area contributed by atoms with Crippen LogP contribution >= 0.6 is 0 Å². The molecule has 0 saturated heterocycles. The summed E-state index contributed by atoms with van der Waals surface area (Å²) in [5.41, 5.74) is 2.47. The Balaban J connectivity index is 2.17. The van der Waals surface area contributed by atoms with E-state index < -0.39 is 15.1 Å². The average Bonchev–Trinajstić information content (AvgIpc) is 2.35. The standard InChI is InChI=1S/C14H18O3S/c1-10(18(2,16)17)14(15)13-8-7-11-5-3-4-6-12(11)9-13/h3-6,10,13H,7-9H2,1-2H3. The lowest BCUT2D eigenvalue weighted by molar-refractivity contribution is -0.122. The van der Waals surface area contributed by atoms with Crippen molar-refractivity contribution in [3.8, 4) is 0 Å². The molecular weight excluding hydrogens is 248 g/mol. The molecule has 0 heterocycles. The summed E-state index contributed by atoms with van der Waals surface area (Å²) in [7, 11) is -3.28. The van der Waals surface area contributed by atoms with Gasteiger partial charge in [0.1, 0.15) is 5.25 Å². The molecule has 18 heavy (non-hydrogen) atoms. The molecule has 4 heteroatoms. The molecule has 0 aromatic heterocycles. The summed E-state index contributed by atoms with van der Waals surface area (Å²) in [6.45, 7) is 1.50. The molecule has 1 aliphatic rings. The summed E-state index contributed by atoms with van der Waals surface area (Å²) in [4.78, 5) is 12.2. The molecule has 0 radical (unpaired) electrons. The molecule has 1 aliphatic carbocycles. The molecule has 98 valence electrons. The second kappa shape index (κ2) is 4.84. The van der Waals surface area contributed by atoms with Crippen molar-refractivity contribution in [2.75, 3.05) is 6.26 Å². The summed E-state index contributed by atoms with van der Waals surface area (Å²) in [5.74, 6) is -0.281. The van der Waals surface area contributed by atoms with E-state index >= 15 is 0 Å². The smallest absolute Gasteiger partial charge is 0.157 e. The van der Waals surface area contributed by atoms with Crippen molar-refractivity contribution in [2.45, 2.75) is 31.4 Å². The number of carbonyl (C=O) groups is 1. The maximum atomic E-state index is 12.2. The third-order valence-corrected chi connectivity index (χ3v) is 5.31. The van der Waals surface area contributed by atoms with E-state index in [1.165, 1.54) is 18.1 Å². The Hall–Kier alpha value is -1.16. The number of rotatable bonds is 3. The molecule has 3 nitrogen and oxygen atoms in total. The molecule has 0 bridgehead atoms. The van der Waals surface area contributed by atoms with Crippen molar-refractivity contribution in [2.24, 2.45) is 5.92 Å². The van der Waals surface area contributed by atoms with Crippen molar-refractivity contribution in [3.05, 3.63) is 35.4 Å². The number of sulfone groups is 1. The maximum absolute atomic E-state index is 12.2. The Kier molecular flexibility index (Phi) is 3.57. The normalized spacial score (nSPS) is 21.1. The van der Waals surface area contributed by atoms with E-state index in [0.29, 0.717) is 6.42 Å². The van der Waals surface area contributed by atoms with Gasteiger partial charge < -0.3 is 0 Å². The van der Waals surface area contributed by atoms with Crippen LogP contribution in [0.15, 0.2) is 24.3 Å². The molecule has 2 rings (SSSR count). The number of carbonyl (C=O) groups excluding carboxylic acids is 1. The van der Waals surface area contributed by atoms with Crippen molar-refractivity contribution < 1.29 is 13.2 Å². The van der Waals surface area contributed by atoms with Crippen LogP contribution in [0.3, 0.4) is 0 Å². The van der Waals surface area contributed by atoms with E-state index in [1.807, 2.05) is 18.2 Å². The molecule has 1 aromatic carbocycles. The molecule has 2 atom stereocenters. The van der Waals surface area contributed by atoms with E-state index in [2.05, 4.69) is 6.07 Å². The number of Topliss-reactive ketones (excluding diaryl/α,β-unsaturated/α-hetero) is 1. The van der Waals surface area contributed by atoms with Gasteiger partial charge >= 0.3 is 0 Å². The van der Waals surface area contributed by atoms with E-state index in [4.69, 9.17) is 0 Å². The fraction of sp³-hybridized carbons (Fsp3) is 0.500. The van der Waals surface area contributed by atoms with Gasteiger partial charge in [-0.05, 0) is 37.3 Å². The van der Waals surface area contributed by atoms with Crippen LogP contribution in [0.4, 0.5) is 0 Å². The summed E-state index contributed by atoms with van der Waals surface area (Å²) in [6.07, 6.45) is 3.43. The van der Waals surface area contributed by atoms with Crippen molar-refractivity contribution in [3.63, 3.8) is 0 Å². The fourth-order valence-electron chi connectivity index (χ4n) is 2.48. The molecular formula is C14H18O3S. The highest BCUT2D eigenvalue weighted by molar-refractivity contribution is 7.92. The molecule has 0 aliphatic heterocycles. The minimum absolute atomic E-state index is 0.132. The first-order valence-electron chi connectivity index (χ1n) is 6.19. The Morgan fingerprint density at radius 2 is 1.89 bits per heavy atom. The van der Waals surface area contributed by atoms with Gasteiger partial charge in [-0.1, -0.05) is 24.3 Å². The van der Waals surface area contributed by atoms with Gasteiger partial charge in [-0.15, -0.1) is 0 Å². The number of aryl methyl sites for hydroxylation is 1. The van der Waals surface area contributed by atoms with Crippen LogP contribution in [-0.2, 0) is 27.5 Å². The highest BCUT2D eigenvalue weighted by atomic mass is 32.2. The SMILES string of the molecule is CC(C(=O)C1CCc2ccccc2C1)S(C)(=O)=O. The highest BCUT2D eigenvalue weighted by Gasteiger charge is 2.32. The largest absolute Gasteiger partial charge is 0.298 e. The van der Waals surface area contributed by atoms with Gasteiger partial charge in [-0.3, -0.25) is 4.79 Å². The molecule has 1 aromatic rings. The number of benzene rings is 1. The molecule has 2 unspecified atom stereocenters. The van der Waals surface area contributed by atoms with E-state index in [1.54, 1.807) is 0 Å². The topological polar surface area (TPSA) is 51.2 Å². The van der Waals surface area contributed by atoms with Gasteiger partial charge in [0.05, 0.1) is 0 Å². The van der Waals surface area contributed by atoms with E-state index in [0.717, 1.165) is 19.1 Å². The summed E-state index contributed by atoms with van der Waals surface area (Å²) < 4.78 is 22.9. The maximum Gasteiger partial charge on any atom is 0.157 e. The summed E-state index contributed by atoms with van der Waals surface area (Å²) >= 11 is 0. The van der Waals surface area contributed by atoms with Crippen molar-refractivity contribution in [1.29, 1.82) is 0 Å². The molecule has 0 spiro atoms. The van der Waals surface area contributed by atoms with Gasteiger partial charge in [-0.25, -0.2) is 8.42 Å². The zero-order valence-electron chi connectivity index (χ0n) is 10.7. The zero-order valence-corrected chi connectivity index (χ0v) is 11.5. The van der Waals surface area contributed by atoms with Crippen molar-refractivity contribution in [1.82, 2.24) is 0 Å². The predicted octanol–water partition coefficient (Wildman–Crippen LogP) is 1.79. The summed E-state index contributed by atoms with van der Waals surface area (Å²) in [6, 6.07) is 8.07. The van der Waals surface area contributed by atoms with Crippen LogP contribution in [-0.4, -0.2) is 25.7 Å². The monoisotopic (exact) mass is 266 g/mol. The number of hydrogen-bond donors (Lipinski definition) is 0. The Morgan fingerprint density at radius 3 is 2.50 bits per heavy atom. The van der Waals surface area contributed by atoms with E-state index in [-0.39, 0.29) is 11.7 Å². The van der Waals surface area contributed by atoms with Gasteiger partial charge in [0.25, 0.3) is 0 Å². The van der Waals surface area contributed by atoms with Crippen molar-refractivity contribution >= 4 is 15.6 Å². The Bertz CT molecular complexity index is 560. The summed E-state index contributed by atoms with van der Waals surface area (Å²) in [5, 5.41) is -0.882.